The van der Waals surface area contributed by atoms with Gasteiger partial charge in [-0.05, 0) is 40.8 Å². The molecule has 128 valence electrons. The number of anilines is 1. The SMILES string of the molecule is Cn1nnnc1-c1cccc(NC(=O)c2cccc(C(F)(F)F)c2)c1. The van der Waals surface area contributed by atoms with Crippen LogP contribution in [0.15, 0.2) is 48.5 Å². The average Bonchev–Trinajstić information content (AvgIpc) is 3.00. The molecular weight excluding hydrogens is 335 g/mol. The number of aromatic nitrogens is 4. The van der Waals surface area contributed by atoms with Crippen molar-refractivity contribution in [1.82, 2.24) is 20.2 Å². The fraction of sp³-hybridized carbons (Fsp3) is 0.125. The van der Waals surface area contributed by atoms with E-state index in [0.717, 1.165) is 12.1 Å². The summed E-state index contributed by atoms with van der Waals surface area (Å²) in [5, 5.41) is 13.7. The van der Waals surface area contributed by atoms with Crippen molar-refractivity contribution in [1.29, 1.82) is 0 Å². The third-order valence-corrected chi connectivity index (χ3v) is 3.45. The molecule has 1 amide bonds. The average molecular weight is 347 g/mol. The minimum Gasteiger partial charge on any atom is -0.322 e. The molecule has 0 radical (unpaired) electrons. The number of rotatable bonds is 3. The fourth-order valence-electron chi connectivity index (χ4n) is 2.25. The molecule has 0 aliphatic rings. The Bertz CT molecular complexity index is 920. The molecule has 0 fully saturated rings. The van der Waals surface area contributed by atoms with Crippen LogP contribution in [0.1, 0.15) is 15.9 Å². The molecule has 0 atom stereocenters. The van der Waals surface area contributed by atoms with Crippen LogP contribution in [0.3, 0.4) is 0 Å². The molecule has 3 aromatic rings. The van der Waals surface area contributed by atoms with Crippen molar-refractivity contribution in [3.05, 3.63) is 59.7 Å². The van der Waals surface area contributed by atoms with E-state index in [1.807, 2.05) is 0 Å². The number of hydrogen-bond acceptors (Lipinski definition) is 4. The summed E-state index contributed by atoms with van der Waals surface area (Å²) in [5.74, 6) is -0.144. The van der Waals surface area contributed by atoms with Crippen molar-refractivity contribution >= 4 is 11.6 Å². The van der Waals surface area contributed by atoms with Crippen molar-refractivity contribution < 1.29 is 18.0 Å². The molecule has 0 unspecified atom stereocenters. The van der Waals surface area contributed by atoms with Gasteiger partial charge in [-0.2, -0.15) is 13.2 Å². The van der Waals surface area contributed by atoms with E-state index in [2.05, 4.69) is 20.8 Å². The molecule has 25 heavy (non-hydrogen) atoms. The Labute approximate surface area is 140 Å². The number of nitrogens with zero attached hydrogens (tertiary/aromatic N) is 4. The number of carbonyl (C=O) groups is 1. The Hall–Kier alpha value is -3.23. The van der Waals surface area contributed by atoms with Crippen molar-refractivity contribution in [2.75, 3.05) is 5.32 Å². The molecule has 1 heterocycles. The Morgan fingerprint density at radius 3 is 2.56 bits per heavy atom. The predicted octanol–water partition coefficient (Wildman–Crippen LogP) is 3.15. The molecule has 0 spiro atoms. The summed E-state index contributed by atoms with van der Waals surface area (Å²) in [5.41, 5.74) is 0.122. The molecule has 0 aliphatic carbocycles. The number of amides is 1. The minimum absolute atomic E-state index is 0.0828. The van der Waals surface area contributed by atoms with E-state index in [0.29, 0.717) is 17.1 Å². The first-order chi connectivity index (χ1) is 11.8. The van der Waals surface area contributed by atoms with E-state index in [1.54, 1.807) is 31.3 Å². The van der Waals surface area contributed by atoms with Crippen LogP contribution >= 0.6 is 0 Å². The maximum absolute atomic E-state index is 12.8. The number of alkyl halides is 3. The molecule has 1 N–H and O–H groups in total. The summed E-state index contributed by atoms with van der Waals surface area (Å²) in [6, 6.07) is 10.9. The van der Waals surface area contributed by atoms with E-state index >= 15 is 0 Å². The summed E-state index contributed by atoms with van der Waals surface area (Å²) >= 11 is 0. The lowest BCUT2D eigenvalue weighted by molar-refractivity contribution is -0.137. The van der Waals surface area contributed by atoms with E-state index in [9.17, 15) is 18.0 Å². The quantitative estimate of drug-likeness (QED) is 0.790. The molecule has 9 heteroatoms. The van der Waals surface area contributed by atoms with Gasteiger partial charge < -0.3 is 5.32 Å². The highest BCUT2D eigenvalue weighted by Gasteiger charge is 2.30. The Morgan fingerprint density at radius 2 is 1.88 bits per heavy atom. The standard InChI is InChI=1S/C16H12F3N5O/c1-24-14(21-22-23-24)10-4-3-7-13(9-10)20-15(25)11-5-2-6-12(8-11)16(17,18)19/h2-9H,1H3,(H,20,25). The molecule has 1 aromatic heterocycles. The number of hydrogen-bond donors (Lipinski definition) is 1. The summed E-state index contributed by atoms with van der Waals surface area (Å²) in [7, 11) is 1.67. The molecule has 6 nitrogen and oxygen atoms in total. The van der Waals surface area contributed by atoms with Crippen LogP contribution in [0.5, 0.6) is 0 Å². The van der Waals surface area contributed by atoms with Gasteiger partial charge >= 0.3 is 6.18 Å². The lowest BCUT2D eigenvalue weighted by Crippen LogP contribution is -2.14. The molecule has 2 aromatic carbocycles. The van der Waals surface area contributed by atoms with Gasteiger partial charge in [-0.25, -0.2) is 4.68 Å². The molecule has 3 rings (SSSR count). The highest BCUT2D eigenvalue weighted by Crippen LogP contribution is 2.29. The second-order valence-corrected chi connectivity index (χ2v) is 5.24. The third kappa shape index (κ3) is 3.65. The van der Waals surface area contributed by atoms with Gasteiger partial charge in [0.05, 0.1) is 5.56 Å². The van der Waals surface area contributed by atoms with Crippen LogP contribution in [-0.4, -0.2) is 26.1 Å². The van der Waals surface area contributed by atoms with Crippen LogP contribution in [0.4, 0.5) is 18.9 Å². The van der Waals surface area contributed by atoms with Crippen molar-refractivity contribution in [3.63, 3.8) is 0 Å². The predicted molar refractivity (Wildman–Crippen MR) is 83.6 cm³/mol. The van der Waals surface area contributed by atoms with Gasteiger partial charge in [-0.1, -0.05) is 18.2 Å². The van der Waals surface area contributed by atoms with Crippen LogP contribution in [-0.2, 0) is 13.2 Å². The Morgan fingerprint density at radius 1 is 1.12 bits per heavy atom. The molecule has 0 aliphatic heterocycles. The van der Waals surface area contributed by atoms with Gasteiger partial charge in [0.2, 0.25) is 0 Å². The summed E-state index contributed by atoms with van der Waals surface area (Å²) < 4.78 is 39.7. The first-order valence-corrected chi connectivity index (χ1v) is 7.16. The van der Waals surface area contributed by atoms with E-state index in [-0.39, 0.29) is 5.56 Å². The third-order valence-electron chi connectivity index (χ3n) is 3.45. The Kier molecular flexibility index (Phi) is 4.22. The highest BCUT2D eigenvalue weighted by molar-refractivity contribution is 6.04. The second-order valence-electron chi connectivity index (χ2n) is 5.24. The minimum atomic E-state index is -4.51. The lowest BCUT2D eigenvalue weighted by Gasteiger charge is -2.10. The smallest absolute Gasteiger partial charge is 0.322 e. The highest BCUT2D eigenvalue weighted by atomic mass is 19.4. The summed E-state index contributed by atoms with van der Waals surface area (Å²) in [6.45, 7) is 0. The van der Waals surface area contributed by atoms with E-state index in [1.165, 1.54) is 16.8 Å². The van der Waals surface area contributed by atoms with Gasteiger partial charge in [0, 0.05) is 23.9 Å². The van der Waals surface area contributed by atoms with Crippen molar-refractivity contribution in [2.24, 2.45) is 7.05 Å². The topological polar surface area (TPSA) is 72.7 Å². The number of benzene rings is 2. The fourth-order valence-corrected chi connectivity index (χ4v) is 2.25. The van der Waals surface area contributed by atoms with Gasteiger partial charge in [0.1, 0.15) is 0 Å². The van der Waals surface area contributed by atoms with Gasteiger partial charge in [0.15, 0.2) is 5.82 Å². The molecular formula is C16H12F3N5O. The molecule has 0 saturated carbocycles. The number of nitrogens with one attached hydrogen (secondary N) is 1. The largest absolute Gasteiger partial charge is 0.416 e. The van der Waals surface area contributed by atoms with Gasteiger partial charge in [-0.3, -0.25) is 4.79 Å². The van der Waals surface area contributed by atoms with Crippen LogP contribution in [0.25, 0.3) is 11.4 Å². The van der Waals surface area contributed by atoms with E-state index in [4.69, 9.17) is 0 Å². The van der Waals surface area contributed by atoms with Gasteiger partial charge in [-0.15, -0.1) is 5.10 Å². The lowest BCUT2D eigenvalue weighted by atomic mass is 10.1. The van der Waals surface area contributed by atoms with Crippen molar-refractivity contribution in [3.8, 4) is 11.4 Å². The van der Waals surface area contributed by atoms with Crippen LogP contribution in [0, 0.1) is 0 Å². The zero-order valence-electron chi connectivity index (χ0n) is 12.9. The molecule has 0 saturated heterocycles. The number of tetrazole rings is 1. The normalized spacial score (nSPS) is 11.4. The number of aryl methyl sites for hydroxylation is 1. The van der Waals surface area contributed by atoms with Gasteiger partial charge in [0.25, 0.3) is 5.91 Å². The van der Waals surface area contributed by atoms with Crippen LogP contribution in [0.2, 0.25) is 0 Å². The number of halogens is 3. The summed E-state index contributed by atoms with van der Waals surface area (Å²) in [4.78, 5) is 12.2. The molecule has 0 bridgehead atoms. The maximum Gasteiger partial charge on any atom is 0.416 e. The number of carbonyl (C=O) groups excluding carboxylic acids is 1. The summed E-state index contributed by atoms with van der Waals surface area (Å²) in [6.07, 6.45) is -4.51. The first-order valence-electron chi connectivity index (χ1n) is 7.16. The Balaban J connectivity index is 1.83. The second kappa shape index (κ2) is 6.34. The van der Waals surface area contributed by atoms with Crippen molar-refractivity contribution in [2.45, 2.75) is 6.18 Å². The van der Waals surface area contributed by atoms with Crippen LogP contribution < -0.4 is 5.32 Å². The zero-order chi connectivity index (χ0) is 18.0. The van der Waals surface area contributed by atoms with E-state index < -0.39 is 17.6 Å². The maximum atomic E-state index is 12.8. The first kappa shape index (κ1) is 16.6. The monoisotopic (exact) mass is 347 g/mol. The zero-order valence-corrected chi connectivity index (χ0v) is 12.9.